The molecule has 1 fully saturated rings. The molecule has 0 saturated heterocycles. The van der Waals surface area contributed by atoms with Gasteiger partial charge in [0.15, 0.2) is 0 Å². The van der Waals surface area contributed by atoms with Crippen molar-refractivity contribution in [2.75, 3.05) is 11.9 Å². The Kier molecular flexibility index (Phi) is 5.40. The molecule has 1 aromatic rings. The summed E-state index contributed by atoms with van der Waals surface area (Å²) < 4.78 is 5.57. The van der Waals surface area contributed by atoms with Crippen molar-refractivity contribution in [3.05, 3.63) is 5.89 Å². The first-order valence-corrected chi connectivity index (χ1v) is 7.84. The average molecular weight is 280 g/mol. The molecule has 20 heavy (non-hydrogen) atoms. The van der Waals surface area contributed by atoms with Gasteiger partial charge in [-0.2, -0.15) is 0 Å². The van der Waals surface area contributed by atoms with Gasteiger partial charge < -0.3 is 15.1 Å². The molecule has 0 unspecified atom stereocenters. The number of hydrogen-bond donors (Lipinski definition) is 2. The highest BCUT2D eigenvalue weighted by Crippen LogP contribution is 2.26. The van der Waals surface area contributed by atoms with Crippen molar-refractivity contribution < 1.29 is 4.42 Å². The number of hydrogen-bond acceptors (Lipinski definition) is 5. The van der Waals surface area contributed by atoms with Crippen LogP contribution in [0.2, 0.25) is 0 Å². The lowest BCUT2D eigenvalue weighted by Crippen LogP contribution is -2.35. The third kappa shape index (κ3) is 5.49. The summed E-state index contributed by atoms with van der Waals surface area (Å²) in [4.78, 5) is 0. The van der Waals surface area contributed by atoms with E-state index < -0.39 is 0 Å². The highest BCUT2D eigenvalue weighted by atomic mass is 16.4. The molecule has 2 N–H and O–H groups in total. The van der Waals surface area contributed by atoms with Crippen LogP contribution in [0.4, 0.5) is 6.01 Å². The molecule has 0 radical (unpaired) electrons. The summed E-state index contributed by atoms with van der Waals surface area (Å²) in [5.41, 5.74) is 0.0586. The van der Waals surface area contributed by atoms with Crippen molar-refractivity contribution in [2.45, 2.75) is 71.4 Å². The third-order valence-electron chi connectivity index (χ3n) is 3.79. The fourth-order valence-corrected chi connectivity index (χ4v) is 2.60. The second-order valence-electron chi connectivity index (χ2n) is 6.82. The number of anilines is 1. The average Bonchev–Trinajstić information content (AvgIpc) is 2.85. The fraction of sp³-hybridized carbons (Fsp3) is 0.867. The van der Waals surface area contributed by atoms with Crippen LogP contribution in [0.5, 0.6) is 0 Å². The summed E-state index contributed by atoms with van der Waals surface area (Å²) in [5, 5.41) is 14.7. The van der Waals surface area contributed by atoms with Gasteiger partial charge in [0.05, 0.1) is 6.54 Å². The molecule has 5 heteroatoms. The van der Waals surface area contributed by atoms with Gasteiger partial charge in [-0.3, -0.25) is 0 Å². The van der Waals surface area contributed by atoms with Crippen LogP contribution in [0.3, 0.4) is 0 Å². The molecular weight excluding hydrogens is 252 g/mol. The maximum absolute atomic E-state index is 5.57. The summed E-state index contributed by atoms with van der Waals surface area (Å²) in [6, 6.07) is 0.548. The van der Waals surface area contributed by atoms with Gasteiger partial charge >= 0.3 is 6.01 Å². The molecule has 0 bridgehead atoms. The monoisotopic (exact) mass is 280 g/mol. The van der Waals surface area contributed by atoms with Gasteiger partial charge in [-0.1, -0.05) is 37.2 Å². The summed E-state index contributed by atoms with van der Waals surface area (Å²) >= 11 is 0. The second-order valence-corrected chi connectivity index (χ2v) is 6.82. The Morgan fingerprint density at radius 1 is 1.15 bits per heavy atom. The minimum absolute atomic E-state index is 0.0586. The molecule has 2 rings (SSSR count). The molecule has 0 amide bonds. The van der Waals surface area contributed by atoms with Gasteiger partial charge in [-0.05, 0) is 33.1 Å². The van der Waals surface area contributed by atoms with Crippen LogP contribution >= 0.6 is 0 Å². The Labute approximate surface area is 121 Å². The zero-order valence-corrected chi connectivity index (χ0v) is 13.0. The SMILES string of the molecule is CC(C)(C)NCc1nnc(NCCC2CCCCC2)o1. The Morgan fingerprint density at radius 3 is 2.60 bits per heavy atom. The van der Waals surface area contributed by atoms with Gasteiger partial charge in [0.25, 0.3) is 0 Å². The minimum atomic E-state index is 0.0586. The molecule has 1 aromatic heterocycles. The van der Waals surface area contributed by atoms with E-state index in [-0.39, 0.29) is 5.54 Å². The van der Waals surface area contributed by atoms with Crippen molar-refractivity contribution in [1.29, 1.82) is 0 Å². The minimum Gasteiger partial charge on any atom is -0.407 e. The zero-order chi connectivity index (χ0) is 14.4. The van der Waals surface area contributed by atoms with Crippen molar-refractivity contribution >= 4 is 6.01 Å². The third-order valence-corrected chi connectivity index (χ3v) is 3.79. The molecule has 0 aliphatic heterocycles. The molecule has 0 aromatic carbocycles. The Balaban J connectivity index is 1.67. The maximum Gasteiger partial charge on any atom is 0.315 e. The Morgan fingerprint density at radius 2 is 1.90 bits per heavy atom. The van der Waals surface area contributed by atoms with Crippen molar-refractivity contribution in [3.63, 3.8) is 0 Å². The Hall–Kier alpha value is -1.10. The van der Waals surface area contributed by atoms with Gasteiger partial charge in [0, 0.05) is 12.1 Å². The molecule has 114 valence electrons. The van der Waals surface area contributed by atoms with Crippen LogP contribution < -0.4 is 10.6 Å². The second kappa shape index (κ2) is 7.07. The molecule has 1 saturated carbocycles. The van der Waals surface area contributed by atoms with E-state index >= 15 is 0 Å². The lowest BCUT2D eigenvalue weighted by molar-refractivity contribution is 0.344. The summed E-state index contributed by atoms with van der Waals surface area (Å²) in [6.45, 7) is 7.89. The van der Waals surface area contributed by atoms with E-state index in [1.165, 1.54) is 38.5 Å². The predicted molar refractivity (Wildman–Crippen MR) is 80.6 cm³/mol. The smallest absolute Gasteiger partial charge is 0.315 e. The highest BCUT2D eigenvalue weighted by molar-refractivity contribution is 5.16. The van der Waals surface area contributed by atoms with Gasteiger partial charge in [-0.15, -0.1) is 5.10 Å². The van der Waals surface area contributed by atoms with E-state index in [2.05, 4.69) is 41.6 Å². The van der Waals surface area contributed by atoms with Crippen molar-refractivity contribution in [1.82, 2.24) is 15.5 Å². The van der Waals surface area contributed by atoms with Crippen molar-refractivity contribution in [2.24, 2.45) is 5.92 Å². The van der Waals surface area contributed by atoms with Crippen LogP contribution in [0, 0.1) is 5.92 Å². The van der Waals surface area contributed by atoms with E-state index in [1.807, 2.05) is 0 Å². The molecular formula is C15H28N4O. The van der Waals surface area contributed by atoms with Crippen LogP contribution in [0.1, 0.15) is 65.2 Å². The molecule has 1 aliphatic carbocycles. The Bertz CT molecular complexity index is 391. The van der Waals surface area contributed by atoms with E-state index in [9.17, 15) is 0 Å². The number of nitrogens with zero attached hydrogens (tertiary/aromatic N) is 2. The summed E-state index contributed by atoms with van der Waals surface area (Å²) in [6.07, 6.45) is 8.18. The normalized spacial score (nSPS) is 17.4. The van der Waals surface area contributed by atoms with Crippen LogP contribution in [-0.2, 0) is 6.54 Å². The van der Waals surface area contributed by atoms with Crippen LogP contribution in [0.15, 0.2) is 4.42 Å². The first kappa shape index (κ1) is 15.3. The van der Waals surface area contributed by atoms with E-state index in [4.69, 9.17) is 4.42 Å². The van der Waals surface area contributed by atoms with Gasteiger partial charge in [0.1, 0.15) is 0 Å². The maximum atomic E-state index is 5.57. The molecule has 0 spiro atoms. The van der Waals surface area contributed by atoms with Crippen LogP contribution in [-0.4, -0.2) is 22.3 Å². The number of nitrogens with one attached hydrogen (secondary N) is 2. The van der Waals surface area contributed by atoms with E-state index in [0.717, 1.165) is 12.5 Å². The predicted octanol–water partition coefficient (Wildman–Crippen LogP) is 3.34. The summed E-state index contributed by atoms with van der Waals surface area (Å²) in [7, 11) is 0. The molecule has 5 nitrogen and oxygen atoms in total. The molecule has 1 heterocycles. The standard InChI is InChI=1S/C15H28N4O/c1-15(2,3)17-11-13-18-19-14(20-13)16-10-9-12-7-5-4-6-8-12/h12,17H,4-11H2,1-3H3,(H,16,19). The lowest BCUT2D eigenvalue weighted by atomic mass is 9.87. The zero-order valence-electron chi connectivity index (χ0n) is 13.0. The van der Waals surface area contributed by atoms with Crippen LogP contribution in [0.25, 0.3) is 0 Å². The first-order chi connectivity index (χ1) is 9.53. The summed E-state index contributed by atoms with van der Waals surface area (Å²) in [5.74, 6) is 1.52. The number of aromatic nitrogens is 2. The van der Waals surface area contributed by atoms with E-state index in [1.54, 1.807) is 0 Å². The van der Waals surface area contributed by atoms with Gasteiger partial charge in [-0.25, -0.2) is 0 Å². The molecule has 0 atom stereocenters. The van der Waals surface area contributed by atoms with Gasteiger partial charge in [0.2, 0.25) is 5.89 Å². The fourth-order valence-electron chi connectivity index (χ4n) is 2.60. The topological polar surface area (TPSA) is 63.0 Å². The lowest BCUT2D eigenvalue weighted by Gasteiger charge is -2.21. The number of rotatable bonds is 6. The van der Waals surface area contributed by atoms with Crippen molar-refractivity contribution in [3.8, 4) is 0 Å². The quantitative estimate of drug-likeness (QED) is 0.836. The largest absolute Gasteiger partial charge is 0.407 e. The van der Waals surface area contributed by atoms with E-state index in [0.29, 0.717) is 18.5 Å². The first-order valence-electron chi connectivity index (χ1n) is 7.84. The highest BCUT2D eigenvalue weighted by Gasteiger charge is 2.14. The molecule has 1 aliphatic rings.